The summed E-state index contributed by atoms with van der Waals surface area (Å²) < 4.78 is 5.99. The quantitative estimate of drug-likeness (QED) is 0.221. The molecule has 0 spiro atoms. The van der Waals surface area contributed by atoms with Crippen molar-refractivity contribution in [2.24, 2.45) is 11.7 Å². The number of aliphatic carboxylic acids is 1. The lowest BCUT2D eigenvalue weighted by Crippen LogP contribution is -2.38. The van der Waals surface area contributed by atoms with E-state index in [1.54, 1.807) is 0 Å². The van der Waals surface area contributed by atoms with Gasteiger partial charge in [0.2, 0.25) is 0 Å². The maximum absolute atomic E-state index is 12.1. The molecule has 1 aliphatic rings. The lowest BCUT2D eigenvalue weighted by atomic mass is 9.91. The number of piperidine rings is 1. The predicted octanol–water partition coefficient (Wildman–Crippen LogP) is 5.47. The van der Waals surface area contributed by atoms with Crippen LogP contribution in [0, 0.1) is 16.7 Å². The van der Waals surface area contributed by atoms with Crippen molar-refractivity contribution in [3.05, 3.63) is 77.4 Å². The Kier molecular flexibility index (Phi) is 10.8. The van der Waals surface area contributed by atoms with E-state index < -0.39 is 11.9 Å². The molecule has 4 rings (SSSR count). The number of fused-ring (bicyclic) bond motifs is 1. The Morgan fingerprint density at radius 1 is 1.03 bits per heavy atom. The molecule has 9 heteroatoms. The zero-order valence-corrected chi connectivity index (χ0v) is 22.4. The fourth-order valence-corrected chi connectivity index (χ4v) is 4.62. The number of nitrogens with one attached hydrogen (secondary N) is 2. The third-order valence-electron chi connectivity index (χ3n) is 6.81. The molecule has 7 nitrogen and oxygen atoms in total. The third-order valence-corrected chi connectivity index (χ3v) is 6.81. The summed E-state index contributed by atoms with van der Waals surface area (Å²) in [6, 6.07) is 18.9. The Morgan fingerprint density at radius 2 is 1.68 bits per heavy atom. The number of rotatable bonds is 8. The van der Waals surface area contributed by atoms with Crippen LogP contribution in [0.1, 0.15) is 42.4 Å². The van der Waals surface area contributed by atoms with Gasteiger partial charge in [-0.2, -0.15) is 0 Å². The second kappa shape index (κ2) is 13.3. The van der Waals surface area contributed by atoms with Crippen molar-refractivity contribution in [2.45, 2.75) is 32.1 Å². The molecule has 5 N–H and O–H groups in total. The van der Waals surface area contributed by atoms with E-state index in [4.69, 9.17) is 21.3 Å². The molecule has 1 atom stereocenters. The van der Waals surface area contributed by atoms with E-state index in [0.717, 1.165) is 53.6 Å². The molecular weight excluding hydrogens is 511 g/mol. The Balaban J connectivity index is 0.00000241. The van der Waals surface area contributed by atoms with Gasteiger partial charge < -0.3 is 20.5 Å². The Hall–Kier alpha value is -3.29. The molecule has 198 valence electrons. The number of hydrogen-bond acceptors (Lipinski definition) is 4. The van der Waals surface area contributed by atoms with Crippen LogP contribution < -0.4 is 10.5 Å². The van der Waals surface area contributed by atoms with Gasteiger partial charge in [-0.05, 0) is 72.2 Å². The van der Waals surface area contributed by atoms with Gasteiger partial charge in [0.1, 0.15) is 11.6 Å². The van der Waals surface area contributed by atoms with Crippen LogP contribution in [0.2, 0.25) is 0 Å². The first-order valence-electron chi connectivity index (χ1n) is 11.9. The highest BCUT2D eigenvalue weighted by molar-refractivity contribution is 5.99. The number of carboxylic acid groups (broad SMARTS) is 1. The number of hydrogen-bond donors (Lipinski definition) is 4. The van der Waals surface area contributed by atoms with Gasteiger partial charge >= 0.3 is 5.97 Å². The molecule has 1 unspecified atom stereocenters. The van der Waals surface area contributed by atoms with Crippen molar-refractivity contribution in [3.63, 3.8) is 0 Å². The first-order chi connectivity index (χ1) is 16.8. The molecule has 0 radical (unpaired) electrons. The smallest absolute Gasteiger partial charge is 0.311 e. The average molecular weight is 546 g/mol. The molecule has 1 fully saturated rings. The minimum atomic E-state index is -0.871. The first kappa shape index (κ1) is 29.9. The molecule has 37 heavy (non-hydrogen) atoms. The summed E-state index contributed by atoms with van der Waals surface area (Å²) in [7, 11) is 0. The van der Waals surface area contributed by atoms with Gasteiger partial charge in [-0.3, -0.25) is 15.6 Å². The van der Waals surface area contributed by atoms with Crippen molar-refractivity contribution in [1.29, 1.82) is 10.8 Å². The van der Waals surface area contributed by atoms with Crippen molar-refractivity contribution in [2.75, 3.05) is 19.7 Å². The highest BCUT2D eigenvalue weighted by atomic mass is 35.5. The highest BCUT2D eigenvalue weighted by Gasteiger charge is 2.22. The minimum absolute atomic E-state index is 0. The summed E-state index contributed by atoms with van der Waals surface area (Å²) in [5.74, 6) is 0.294. The van der Waals surface area contributed by atoms with Gasteiger partial charge in [0, 0.05) is 18.7 Å². The van der Waals surface area contributed by atoms with E-state index in [1.807, 2.05) is 67.6 Å². The van der Waals surface area contributed by atoms with Gasteiger partial charge in [-0.1, -0.05) is 42.5 Å². The van der Waals surface area contributed by atoms with Crippen LogP contribution in [0.4, 0.5) is 0 Å². The van der Waals surface area contributed by atoms with Gasteiger partial charge in [0.25, 0.3) is 0 Å². The van der Waals surface area contributed by atoms with Gasteiger partial charge in [0.15, 0.2) is 0 Å². The van der Waals surface area contributed by atoms with Crippen molar-refractivity contribution < 1.29 is 14.6 Å². The molecule has 1 saturated heterocycles. The molecule has 3 aromatic rings. The molecule has 1 aliphatic heterocycles. The fraction of sp³-hybridized carbons (Fsp3) is 0.321. The highest BCUT2D eigenvalue weighted by Crippen LogP contribution is 2.27. The topological polar surface area (TPSA) is 123 Å². The Morgan fingerprint density at radius 3 is 2.27 bits per heavy atom. The van der Waals surface area contributed by atoms with Crippen LogP contribution in [0.25, 0.3) is 10.8 Å². The molecule has 3 aromatic carbocycles. The van der Waals surface area contributed by atoms with E-state index in [1.165, 1.54) is 0 Å². The zero-order valence-electron chi connectivity index (χ0n) is 20.8. The van der Waals surface area contributed by atoms with Crippen molar-refractivity contribution in [1.82, 2.24) is 4.90 Å². The SMILES string of the molecule is CC(=N)N1CCC(COc2ccc(C(Cc3ccc4ccc(C(=N)N)cc4c3)C(=O)O)cc2)CC1.Cl.Cl. The third kappa shape index (κ3) is 7.60. The van der Waals surface area contributed by atoms with Crippen LogP contribution in [-0.2, 0) is 11.2 Å². The number of halogens is 2. The normalized spacial score (nSPS) is 14.2. The lowest BCUT2D eigenvalue weighted by Gasteiger charge is -2.32. The number of nitrogen functional groups attached to an aromatic ring is 1. The number of nitrogens with two attached hydrogens (primary N) is 1. The number of carboxylic acids is 1. The van der Waals surface area contributed by atoms with Crippen LogP contribution >= 0.6 is 24.8 Å². The van der Waals surface area contributed by atoms with E-state index >= 15 is 0 Å². The largest absolute Gasteiger partial charge is 0.493 e. The average Bonchev–Trinajstić information content (AvgIpc) is 2.86. The molecule has 1 heterocycles. The molecular formula is C28H34Cl2N4O3. The summed E-state index contributed by atoms with van der Waals surface area (Å²) in [6.07, 6.45) is 2.38. The van der Waals surface area contributed by atoms with Crippen LogP contribution in [0.5, 0.6) is 5.75 Å². The predicted molar refractivity (Wildman–Crippen MR) is 153 cm³/mol. The number of likely N-dealkylation sites (tertiary alicyclic amines) is 1. The van der Waals surface area contributed by atoms with Crippen LogP contribution in [0.15, 0.2) is 60.7 Å². The lowest BCUT2D eigenvalue weighted by molar-refractivity contribution is -0.138. The van der Waals surface area contributed by atoms with Crippen molar-refractivity contribution >= 4 is 53.2 Å². The number of nitrogens with zero attached hydrogens (tertiary/aromatic N) is 1. The second-order valence-electron chi connectivity index (χ2n) is 9.30. The Labute approximate surface area is 229 Å². The summed E-state index contributed by atoms with van der Waals surface area (Å²) in [6.45, 7) is 4.25. The minimum Gasteiger partial charge on any atom is -0.493 e. The molecule has 0 saturated carbocycles. The van der Waals surface area contributed by atoms with E-state index in [9.17, 15) is 9.90 Å². The molecule has 0 aromatic heterocycles. The number of benzene rings is 3. The van der Waals surface area contributed by atoms with E-state index in [2.05, 4.69) is 4.90 Å². The monoisotopic (exact) mass is 544 g/mol. The van der Waals surface area contributed by atoms with E-state index in [0.29, 0.717) is 30.3 Å². The maximum Gasteiger partial charge on any atom is 0.311 e. The van der Waals surface area contributed by atoms with E-state index in [-0.39, 0.29) is 30.6 Å². The molecule has 0 aliphatic carbocycles. The fourth-order valence-electron chi connectivity index (χ4n) is 4.62. The first-order valence-corrected chi connectivity index (χ1v) is 11.9. The van der Waals surface area contributed by atoms with Gasteiger partial charge in [-0.25, -0.2) is 0 Å². The summed E-state index contributed by atoms with van der Waals surface area (Å²) >= 11 is 0. The van der Waals surface area contributed by atoms with Gasteiger partial charge in [-0.15, -0.1) is 24.8 Å². The van der Waals surface area contributed by atoms with Crippen molar-refractivity contribution in [3.8, 4) is 5.75 Å². The van der Waals surface area contributed by atoms with Gasteiger partial charge in [0.05, 0.1) is 18.4 Å². The van der Waals surface area contributed by atoms with Crippen LogP contribution in [-0.4, -0.2) is 47.3 Å². The number of carbonyl (C=O) groups is 1. The zero-order chi connectivity index (χ0) is 24.9. The summed E-state index contributed by atoms with van der Waals surface area (Å²) in [5, 5.41) is 27.3. The molecule has 0 amide bonds. The second-order valence-corrected chi connectivity index (χ2v) is 9.30. The maximum atomic E-state index is 12.1. The number of ether oxygens (including phenoxy) is 1. The van der Waals surface area contributed by atoms with Crippen LogP contribution in [0.3, 0.4) is 0 Å². The Bertz CT molecular complexity index is 1240. The number of amidine groups is 2. The summed E-state index contributed by atoms with van der Waals surface area (Å²) in [5.41, 5.74) is 7.91. The summed E-state index contributed by atoms with van der Waals surface area (Å²) in [4.78, 5) is 14.2. The molecule has 0 bridgehead atoms. The standard InChI is InChI=1S/C28H32N4O3.2ClH/c1-18(29)32-12-10-19(11-13-32)17-35-25-8-6-22(7-9-25)26(28(33)34)15-20-2-3-21-4-5-23(27(30)31)16-24(21)14-20;;/h2-9,14,16,19,26,29H,10-13,15,17H2,1H3,(H3,30,31)(H,33,34);2*1H.